The fourth-order valence-electron chi connectivity index (χ4n) is 1.73. The average molecular weight is 373 g/mol. The average Bonchev–Trinajstić information content (AvgIpc) is 2.56. The van der Waals surface area contributed by atoms with Crippen LogP contribution in [0.3, 0.4) is 0 Å². The van der Waals surface area contributed by atoms with Gasteiger partial charge in [0.05, 0.1) is 0 Å². The van der Waals surface area contributed by atoms with Crippen LogP contribution < -0.4 is 5.32 Å². The van der Waals surface area contributed by atoms with Crippen molar-refractivity contribution in [2.45, 2.75) is 0 Å². The van der Waals surface area contributed by atoms with Crippen molar-refractivity contribution in [1.82, 2.24) is 9.80 Å². The molecule has 1 aliphatic rings. The lowest BCUT2D eigenvalue weighted by molar-refractivity contribution is -0.129. The van der Waals surface area contributed by atoms with Gasteiger partial charge in [-0.05, 0) is 40.8 Å². The lowest BCUT2D eigenvalue weighted by Gasteiger charge is -2.13. The summed E-state index contributed by atoms with van der Waals surface area (Å²) >= 11 is 2.13. The van der Waals surface area contributed by atoms with E-state index in [1.54, 1.807) is 12.1 Å². The van der Waals surface area contributed by atoms with Crippen LogP contribution in [0, 0.1) is 3.57 Å². The molecule has 1 aromatic rings. The third-order valence-corrected chi connectivity index (χ3v) is 3.31. The minimum atomic E-state index is -0.442. The highest BCUT2D eigenvalue weighted by molar-refractivity contribution is 14.1. The summed E-state index contributed by atoms with van der Waals surface area (Å²) in [6.45, 7) is -0.233. The number of amides is 4. The first-order chi connectivity index (χ1) is 8.97. The van der Waals surface area contributed by atoms with Gasteiger partial charge in [0.1, 0.15) is 13.1 Å². The molecular weight excluding hydrogens is 361 g/mol. The fourth-order valence-corrected chi connectivity index (χ4v) is 2.28. The van der Waals surface area contributed by atoms with E-state index >= 15 is 0 Å². The van der Waals surface area contributed by atoms with Crippen molar-refractivity contribution in [3.05, 3.63) is 27.8 Å². The smallest absolute Gasteiger partial charge is 0.324 e. The van der Waals surface area contributed by atoms with Gasteiger partial charge in [-0.25, -0.2) is 4.79 Å². The number of rotatable bonds is 3. The Labute approximate surface area is 123 Å². The Morgan fingerprint density at radius 3 is 2.74 bits per heavy atom. The Balaban J connectivity index is 1.98. The lowest BCUT2D eigenvalue weighted by atomic mass is 10.3. The normalized spacial score (nSPS) is 15.1. The zero-order chi connectivity index (χ0) is 14.0. The first-order valence-electron chi connectivity index (χ1n) is 5.58. The Morgan fingerprint density at radius 1 is 1.42 bits per heavy atom. The molecule has 0 aromatic heterocycles. The molecule has 1 N–H and O–H groups in total. The predicted molar refractivity (Wildman–Crippen MR) is 77.5 cm³/mol. The van der Waals surface area contributed by atoms with E-state index in [0.717, 1.165) is 8.47 Å². The van der Waals surface area contributed by atoms with Crippen molar-refractivity contribution >= 4 is 46.1 Å². The van der Waals surface area contributed by atoms with Crippen LogP contribution in [0.5, 0.6) is 0 Å². The van der Waals surface area contributed by atoms with Crippen LogP contribution in [0.1, 0.15) is 0 Å². The third kappa shape index (κ3) is 3.22. The largest absolute Gasteiger partial charge is 0.327 e. The number of benzene rings is 1. The molecule has 0 saturated carbocycles. The van der Waals surface area contributed by atoms with Crippen LogP contribution in [0.4, 0.5) is 10.5 Å². The summed E-state index contributed by atoms with van der Waals surface area (Å²) in [5.74, 6) is -0.746. The third-order valence-electron chi connectivity index (χ3n) is 2.64. The van der Waals surface area contributed by atoms with Gasteiger partial charge in [0.15, 0.2) is 0 Å². The Morgan fingerprint density at radius 2 is 2.16 bits per heavy atom. The van der Waals surface area contributed by atoms with Crippen molar-refractivity contribution in [1.29, 1.82) is 0 Å². The number of hydrogen-bond donors (Lipinski definition) is 1. The molecule has 1 heterocycles. The predicted octanol–water partition coefficient (Wildman–Crippen LogP) is 1.12. The molecule has 0 unspecified atom stereocenters. The first kappa shape index (κ1) is 13.8. The molecule has 0 bridgehead atoms. The Kier molecular flexibility index (Phi) is 4.03. The van der Waals surface area contributed by atoms with Gasteiger partial charge >= 0.3 is 6.03 Å². The van der Waals surface area contributed by atoms with E-state index in [1.165, 1.54) is 11.9 Å². The quantitative estimate of drug-likeness (QED) is 0.638. The van der Waals surface area contributed by atoms with Crippen LogP contribution in [-0.4, -0.2) is 47.8 Å². The highest BCUT2D eigenvalue weighted by atomic mass is 127. The standard InChI is InChI=1S/C12H12IN3O3/c1-15-7-11(18)16(12(15)19)6-10(17)14-9-4-2-3-8(13)5-9/h2-5H,6-7H2,1H3,(H,14,17). The highest BCUT2D eigenvalue weighted by Crippen LogP contribution is 2.13. The number of carbonyl (C=O) groups excluding carboxylic acids is 3. The second kappa shape index (κ2) is 5.55. The summed E-state index contributed by atoms with van der Waals surface area (Å²) in [4.78, 5) is 37.2. The molecule has 100 valence electrons. The summed E-state index contributed by atoms with van der Waals surface area (Å²) in [5, 5.41) is 2.66. The first-order valence-corrected chi connectivity index (χ1v) is 6.66. The maximum Gasteiger partial charge on any atom is 0.327 e. The molecule has 4 amide bonds. The molecular formula is C12H12IN3O3. The van der Waals surface area contributed by atoms with Gasteiger partial charge < -0.3 is 10.2 Å². The molecule has 19 heavy (non-hydrogen) atoms. The number of hydrogen-bond acceptors (Lipinski definition) is 3. The Bertz CT molecular complexity index is 547. The molecule has 1 fully saturated rings. The molecule has 0 radical (unpaired) electrons. The van der Waals surface area contributed by atoms with Crippen LogP contribution in [0.2, 0.25) is 0 Å². The highest BCUT2D eigenvalue weighted by Gasteiger charge is 2.34. The maximum atomic E-state index is 11.8. The van der Waals surface area contributed by atoms with E-state index in [1.807, 2.05) is 12.1 Å². The number of nitrogens with zero attached hydrogens (tertiary/aromatic N) is 2. The molecule has 1 saturated heterocycles. The summed E-state index contributed by atoms with van der Waals surface area (Å²) in [7, 11) is 1.53. The van der Waals surface area contributed by atoms with Crippen LogP contribution in [-0.2, 0) is 9.59 Å². The number of nitrogens with one attached hydrogen (secondary N) is 1. The van der Waals surface area contributed by atoms with Crippen molar-refractivity contribution in [2.24, 2.45) is 0 Å². The minimum Gasteiger partial charge on any atom is -0.324 e. The molecule has 2 rings (SSSR count). The lowest BCUT2D eigenvalue weighted by Crippen LogP contribution is -2.38. The SMILES string of the molecule is CN1CC(=O)N(CC(=O)Nc2cccc(I)c2)C1=O. The summed E-state index contributed by atoms with van der Waals surface area (Å²) in [5.41, 5.74) is 0.643. The number of imide groups is 1. The minimum absolute atomic E-state index is 0.0232. The molecule has 7 heteroatoms. The van der Waals surface area contributed by atoms with Gasteiger partial charge in [-0.1, -0.05) is 6.07 Å². The van der Waals surface area contributed by atoms with Crippen molar-refractivity contribution in [3.8, 4) is 0 Å². The molecule has 0 atom stereocenters. The van der Waals surface area contributed by atoms with Gasteiger partial charge in [-0.15, -0.1) is 0 Å². The number of anilines is 1. The van der Waals surface area contributed by atoms with Crippen molar-refractivity contribution in [3.63, 3.8) is 0 Å². The molecule has 0 aliphatic carbocycles. The maximum absolute atomic E-state index is 11.8. The van der Waals surface area contributed by atoms with E-state index in [2.05, 4.69) is 27.9 Å². The Hall–Kier alpha value is -1.64. The summed E-state index contributed by atoms with van der Waals surface area (Å²) < 4.78 is 0.989. The topological polar surface area (TPSA) is 69.7 Å². The van der Waals surface area contributed by atoms with Crippen molar-refractivity contribution < 1.29 is 14.4 Å². The monoisotopic (exact) mass is 373 g/mol. The zero-order valence-electron chi connectivity index (χ0n) is 10.2. The number of likely N-dealkylation sites (N-methyl/N-ethyl adjacent to an activating group) is 1. The number of urea groups is 1. The summed E-state index contributed by atoms with van der Waals surface area (Å²) in [6, 6.07) is 6.83. The van der Waals surface area contributed by atoms with Gasteiger partial charge in [-0.3, -0.25) is 14.5 Å². The van der Waals surface area contributed by atoms with E-state index in [9.17, 15) is 14.4 Å². The van der Waals surface area contributed by atoms with Gasteiger partial charge in [0.2, 0.25) is 5.91 Å². The van der Waals surface area contributed by atoms with Crippen LogP contribution in [0.25, 0.3) is 0 Å². The molecule has 0 spiro atoms. The fraction of sp³-hybridized carbons (Fsp3) is 0.250. The molecule has 1 aromatic carbocycles. The number of halogens is 1. The van der Waals surface area contributed by atoms with E-state index < -0.39 is 6.03 Å². The van der Waals surface area contributed by atoms with Crippen LogP contribution >= 0.6 is 22.6 Å². The second-order valence-corrected chi connectivity index (χ2v) is 5.42. The molecule has 6 nitrogen and oxygen atoms in total. The van der Waals surface area contributed by atoms with Crippen LogP contribution in [0.15, 0.2) is 24.3 Å². The van der Waals surface area contributed by atoms with E-state index in [4.69, 9.17) is 0 Å². The van der Waals surface area contributed by atoms with E-state index in [-0.39, 0.29) is 24.9 Å². The summed E-state index contributed by atoms with van der Waals surface area (Å²) in [6.07, 6.45) is 0. The van der Waals surface area contributed by atoms with Gasteiger partial charge in [-0.2, -0.15) is 0 Å². The van der Waals surface area contributed by atoms with Crippen molar-refractivity contribution in [2.75, 3.05) is 25.5 Å². The zero-order valence-corrected chi connectivity index (χ0v) is 12.4. The van der Waals surface area contributed by atoms with Gasteiger partial charge in [0.25, 0.3) is 5.91 Å². The van der Waals surface area contributed by atoms with Gasteiger partial charge in [0, 0.05) is 16.3 Å². The number of carbonyl (C=O) groups is 3. The van der Waals surface area contributed by atoms with E-state index in [0.29, 0.717) is 5.69 Å². The second-order valence-electron chi connectivity index (χ2n) is 4.18. The molecule has 1 aliphatic heterocycles.